The van der Waals surface area contributed by atoms with E-state index >= 15 is 0 Å². The van der Waals surface area contributed by atoms with E-state index < -0.39 is 11.6 Å². The first-order valence-corrected chi connectivity index (χ1v) is 9.35. The molecular weight excluding hydrogens is 376 g/mol. The Bertz CT molecular complexity index is 1060. The Morgan fingerprint density at radius 2 is 2.03 bits per heavy atom. The van der Waals surface area contributed by atoms with Gasteiger partial charge < -0.3 is 15.2 Å². The van der Waals surface area contributed by atoms with Gasteiger partial charge in [0.2, 0.25) is 5.91 Å². The second-order valence-electron chi connectivity index (χ2n) is 7.36. The summed E-state index contributed by atoms with van der Waals surface area (Å²) in [5.74, 6) is -0.0570. The fourth-order valence-corrected chi connectivity index (χ4v) is 3.51. The number of anilines is 1. The van der Waals surface area contributed by atoms with Gasteiger partial charge in [-0.3, -0.25) is 9.78 Å². The fourth-order valence-electron chi connectivity index (χ4n) is 3.51. The van der Waals surface area contributed by atoms with Gasteiger partial charge in [0.05, 0.1) is 23.5 Å². The van der Waals surface area contributed by atoms with Crippen molar-refractivity contribution in [1.82, 2.24) is 19.4 Å². The highest BCUT2D eigenvalue weighted by atomic mass is 19.1. The monoisotopic (exact) mass is 397 g/mol. The van der Waals surface area contributed by atoms with Crippen LogP contribution in [0.4, 0.5) is 14.5 Å². The molecule has 6 nitrogen and oxygen atoms in total. The minimum absolute atomic E-state index is 0.0393. The van der Waals surface area contributed by atoms with Gasteiger partial charge in [-0.1, -0.05) is 0 Å². The predicted molar refractivity (Wildman–Crippen MR) is 105 cm³/mol. The number of hydrogen-bond acceptors (Lipinski definition) is 4. The standard InChI is InChI=1S/C21H21F2N5O/c1-27-7-6-25-20(27)8-13-11-28(12-13)21(29)10-19-17(24)4-5-18(26-19)15-3-2-14(22)9-16(15)23/h2-7,9,13H,8,10-12,24H2,1H3. The summed E-state index contributed by atoms with van der Waals surface area (Å²) >= 11 is 0. The molecule has 0 saturated carbocycles. The molecule has 2 N–H and O–H groups in total. The first-order chi connectivity index (χ1) is 13.9. The summed E-state index contributed by atoms with van der Waals surface area (Å²) in [6.45, 7) is 1.33. The maximum atomic E-state index is 14.1. The maximum absolute atomic E-state index is 14.1. The minimum atomic E-state index is -0.709. The van der Waals surface area contributed by atoms with E-state index in [1.165, 1.54) is 12.1 Å². The number of rotatable bonds is 5. The van der Waals surface area contributed by atoms with E-state index in [4.69, 9.17) is 5.73 Å². The summed E-state index contributed by atoms with van der Waals surface area (Å²) in [6.07, 6.45) is 4.54. The van der Waals surface area contributed by atoms with Gasteiger partial charge in [-0.15, -0.1) is 0 Å². The summed E-state index contributed by atoms with van der Waals surface area (Å²) < 4.78 is 29.2. The topological polar surface area (TPSA) is 77.0 Å². The fraction of sp³-hybridized carbons (Fsp3) is 0.286. The van der Waals surface area contributed by atoms with Gasteiger partial charge >= 0.3 is 0 Å². The molecule has 29 heavy (non-hydrogen) atoms. The molecule has 1 amide bonds. The van der Waals surface area contributed by atoms with Crippen molar-refractivity contribution in [2.24, 2.45) is 13.0 Å². The highest BCUT2D eigenvalue weighted by Crippen LogP contribution is 2.25. The molecule has 1 fully saturated rings. The number of benzene rings is 1. The van der Waals surface area contributed by atoms with Crippen molar-refractivity contribution in [1.29, 1.82) is 0 Å². The average Bonchev–Trinajstić information content (AvgIpc) is 3.04. The highest BCUT2D eigenvalue weighted by molar-refractivity contribution is 5.81. The van der Waals surface area contributed by atoms with Crippen molar-refractivity contribution in [2.75, 3.05) is 18.8 Å². The van der Waals surface area contributed by atoms with Gasteiger partial charge in [0.1, 0.15) is 17.5 Å². The van der Waals surface area contributed by atoms with Crippen LogP contribution >= 0.6 is 0 Å². The van der Waals surface area contributed by atoms with Crippen LogP contribution in [-0.2, 0) is 24.7 Å². The van der Waals surface area contributed by atoms with Gasteiger partial charge in [-0.25, -0.2) is 13.8 Å². The number of carbonyl (C=O) groups is 1. The van der Waals surface area contributed by atoms with Crippen molar-refractivity contribution in [3.63, 3.8) is 0 Å². The number of nitrogens with two attached hydrogens (primary N) is 1. The van der Waals surface area contributed by atoms with E-state index in [1.54, 1.807) is 23.2 Å². The number of nitrogen functional groups attached to an aromatic ring is 1. The molecule has 0 bridgehead atoms. The third kappa shape index (κ3) is 3.96. The number of halogens is 2. The molecule has 1 aromatic carbocycles. The van der Waals surface area contributed by atoms with E-state index in [0.29, 0.717) is 36.1 Å². The van der Waals surface area contributed by atoms with Crippen LogP contribution in [0, 0.1) is 17.6 Å². The Labute approximate surface area is 167 Å². The Kier molecular flexibility index (Phi) is 5.00. The smallest absolute Gasteiger partial charge is 0.228 e. The van der Waals surface area contributed by atoms with E-state index in [2.05, 4.69) is 9.97 Å². The van der Waals surface area contributed by atoms with Gasteiger partial charge in [0, 0.05) is 56.5 Å². The van der Waals surface area contributed by atoms with Crippen LogP contribution in [-0.4, -0.2) is 38.4 Å². The SMILES string of the molecule is Cn1ccnc1CC1CN(C(=O)Cc2nc(-c3ccc(F)cc3F)ccc2N)C1. The number of hydrogen-bond donors (Lipinski definition) is 1. The molecule has 0 radical (unpaired) electrons. The molecule has 0 atom stereocenters. The van der Waals surface area contributed by atoms with Crippen LogP contribution in [0.2, 0.25) is 0 Å². The lowest BCUT2D eigenvalue weighted by Crippen LogP contribution is -2.51. The number of nitrogens with zero attached hydrogens (tertiary/aromatic N) is 4. The molecule has 3 heterocycles. The van der Waals surface area contributed by atoms with Crippen molar-refractivity contribution in [3.8, 4) is 11.3 Å². The molecule has 8 heteroatoms. The van der Waals surface area contributed by atoms with Crippen LogP contribution in [0.1, 0.15) is 11.5 Å². The predicted octanol–water partition coefficient (Wildman–Crippen LogP) is 2.59. The zero-order chi connectivity index (χ0) is 20.5. The molecule has 1 aliphatic rings. The van der Waals surface area contributed by atoms with Crippen LogP contribution in [0.25, 0.3) is 11.3 Å². The van der Waals surface area contributed by atoms with Crippen LogP contribution in [0.5, 0.6) is 0 Å². The minimum Gasteiger partial charge on any atom is -0.397 e. The van der Waals surface area contributed by atoms with Gasteiger partial charge in [0.15, 0.2) is 0 Å². The van der Waals surface area contributed by atoms with E-state index in [9.17, 15) is 13.6 Å². The van der Waals surface area contributed by atoms with E-state index in [-0.39, 0.29) is 17.9 Å². The van der Waals surface area contributed by atoms with Crippen molar-refractivity contribution in [2.45, 2.75) is 12.8 Å². The second-order valence-corrected chi connectivity index (χ2v) is 7.36. The summed E-state index contributed by atoms with van der Waals surface area (Å²) in [4.78, 5) is 23.0. The van der Waals surface area contributed by atoms with Crippen molar-refractivity contribution < 1.29 is 13.6 Å². The zero-order valence-corrected chi connectivity index (χ0v) is 16.0. The number of aryl methyl sites for hydroxylation is 1. The van der Waals surface area contributed by atoms with Gasteiger partial charge in [-0.2, -0.15) is 0 Å². The number of aromatic nitrogens is 3. The van der Waals surface area contributed by atoms with Crippen LogP contribution < -0.4 is 5.73 Å². The number of carbonyl (C=O) groups excluding carboxylic acids is 1. The molecule has 3 aromatic rings. The number of amides is 1. The average molecular weight is 397 g/mol. The summed E-state index contributed by atoms with van der Waals surface area (Å²) in [5, 5.41) is 0. The van der Waals surface area contributed by atoms with Gasteiger partial charge in [0.25, 0.3) is 0 Å². The molecule has 0 spiro atoms. The lowest BCUT2D eigenvalue weighted by Gasteiger charge is -2.39. The molecule has 1 aliphatic heterocycles. The van der Waals surface area contributed by atoms with E-state index in [1.807, 2.05) is 17.8 Å². The Morgan fingerprint density at radius 3 is 2.72 bits per heavy atom. The zero-order valence-electron chi connectivity index (χ0n) is 16.0. The lowest BCUT2D eigenvalue weighted by molar-refractivity contribution is -0.136. The summed E-state index contributed by atoms with van der Waals surface area (Å²) in [7, 11) is 1.95. The molecule has 4 rings (SSSR count). The highest BCUT2D eigenvalue weighted by Gasteiger charge is 2.31. The van der Waals surface area contributed by atoms with Crippen LogP contribution in [0.3, 0.4) is 0 Å². The second kappa shape index (κ2) is 7.62. The lowest BCUT2D eigenvalue weighted by atomic mass is 9.95. The molecule has 0 aliphatic carbocycles. The third-order valence-corrected chi connectivity index (χ3v) is 5.24. The molecular formula is C21H21F2N5O. The molecule has 2 aromatic heterocycles. The molecule has 150 valence electrons. The third-order valence-electron chi connectivity index (χ3n) is 5.24. The first-order valence-electron chi connectivity index (χ1n) is 9.35. The number of pyridine rings is 1. The Balaban J connectivity index is 1.42. The normalized spacial score (nSPS) is 14.1. The first kappa shape index (κ1) is 19.0. The number of likely N-dealkylation sites (tertiary alicyclic amines) is 1. The molecule has 0 unspecified atom stereocenters. The van der Waals surface area contributed by atoms with Gasteiger partial charge in [-0.05, 0) is 24.3 Å². The Hall–Kier alpha value is -3.29. The quantitative estimate of drug-likeness (QED) is 0.718. The van der Waals surface area contributed by atoms with Crippen LogP contribution in [0.15, 0.2) is 42.7 Å². The molecule has 1 saturated heterocycles. The van der Waals surface area contributed by atoms with E-state index in [0.717, 1.165) is 18.3 Å². The van der Waals surface area contributed by atoms with Crippen molar-refractivity contribution in [3.05, 3.63) is 65.9 Å². The van der Waals surface area contributed by atoms with Crippen molar-refractivity contribution >= 4 is 11.6 Å². The largest absolute Gasteiger partial charge is 0.397 e. The number of imidazole rings is 1. The summed E-state index contributed by atoms with van der Waals surface area (Å²) in [5.41, 5.74) is 7.22. The summed E-state index contributed by atoms with van der Waals surface area (Å²) in [6, 6.07) is 6.45. The Morgan fingerprint density at radius 1 is 1.24 bits per heavy atom. The maximum Gasteiger partial charge on any atom is 0.228 e.